The van der Waals surface area contributed by atoms with Gasteiger partial charge in [0.1, 0.15) is 0 Å². The van der Waals surface area contributed by atoms with E-state index in [1.165, 1.54) is 11.3 Å². The van der Waals surface area contributed by atoms with Gasteiger partial charge in [0.2, 0.25) is 0 Å². The molecule has 1 unspecified atom stereocenters. The highest BCUT2D eigenvalue weighted by Crippen LogP contribution is 2.24. The lowest BCUT2D eigenvalue weighted by molar-refractivity contribution is 0.0714. The number of likely N-dealkylation sites (tertiary alicyclic amines) is 1. The van der Waals surface area contributed by atoms with E-state index in [1.807, 2.05) is 17.0 Å². The van der Waals surface area contributed by atoms with Gasteiger partial charge in [0.25, 0.3) is 5.91 Å². The summed E-state index contributed by atoms with van der Waals surface area (Å²) in [4.78, 5) is 14.7. The van der Waals surface area contributed by atoms with Crippen molar-refractivity contribution in [1.82, 2.24) is 4.90 Å². The van der Waals surface area contributed by atoms with Gasteiger partial charge in [0.15, 0.2) is 0 Å². The van der Waals surface area contributed by atoms with Crippen LogP contribution >= 0.6 is 39.7 Å². The number of thiophene rings is 1. The SMILES string of the molecule is Cl.NC1CCCN(C(=O)c2ccc(Br)s2)C1. The molecule has 1 saturated heterocycles. The molecular formula is C10H14BrClN2OS. The van der Waals surface area contributed by atoms with E-state index >= 15 is 0 Å². The maximum absolute atomic E-state index is 12.0. The standard InChI is InChI=1S/C10H13BrN2OS.ClH/c11-9-4-3-8(15-9)10(14)13-5-1-2-7(12)6-13;/h3-4,7H,1-2,5-6,12H2;1H. The van der Waals surface area contributed by atoms with Gasteiger partial charge in [-0.1, -0.05) is 0 Å². The molecule has 2 rings (SSSR count). The zero-order chi connectivity index (χ0) is 10.8. The van der Waals surface area contributed by atoms with Crippen molar-refractivity contribution >= 4 is 45.6 Å². The molecule has 2 heterocycles. The largest absolute Gasteiger partial charge is 0.336 e. The number of carbonyl (C=O) groups is 1. The van der Waals surface area contributed by atoms with Crippen LogP contribution in [0.15, 0.2) is 15.9 Å². The molecule has 1 aliphatic heterocycles. The molecule has 1 aromatic rings. The molecule has 0 bridgehead atoms. The Balaban J connectivity index is 0.00000128. The van der Waals surface area contributed by atoms with Crippen LogP contribution in [0, 0.1) is 0 Å². The van der Waals surface area contributed by atoms with E-state index in [2.05, 4.69) is 15.9 Å². The van der Waals surface area contributed by atoms with Crippen LogP contribution in [0.25, 0.3) is 0 Å². The van der Waals surface area contributed by atoms with Crippen LogP contribution in [0.1, 0.15) is 22.5 Å². The normalized spacial score (nSPS) is 20.4. The molecule has 0 aromatic carbocycles. The summed E-state index contributed by atoms with van der Waals surface area (Å²) in [6, 6.07) is 3.91. The Morgan fingerprint density at radius 3 is 2.88 bits per heavy atom. The van der Waals surface area contributed by atoms with Crippen LogP contribution in [-0.2, 0) is 0 Å². The minimum atomic E-state index is 0. The Morgan fingerprint density at radius 2 is 2.31 bits per heavy atom. The minimum absolute atomic E-state index is 0. The van der Waals surface area contributed by atoms with Crippen LogP contribution in [0.4, 0.5) is 0 Å². The third-order valence-corrected chi connectivity index (χ3v) is 4.14. The van der Waals surface area contributed by atoms with Crippen molar-refractivity contribution in [3.8, 4) is 0 Å². The van der Waals surface area contributed by atoms with Crippen molar-refractivity contribution in [2.24, 2.45) is 5.73 Å². The number of nitrogens with two attached hydrogens (primary N) is 1. The third-order valence-electron chi connectivity index (χ3n) is 2.53. The first-order valence-corrected chi connectivity index (χ1v) is 6.58. The summed E-state index contributed by atoms with van der Waals surface area (Å²) in [5, 5.41) is 0. The van der Waals surface area contributed by atoms with Gasteiger partial charge >= 0.3 is 0 Å². The summed E-state index contributed by atoms with van der Waals surface area (Å²) in [5.74, 6) is 0.112. The maximum Gasteiger partial charge on any atom is 0.264 e. The average molecular weight is 326 g/mol. The van der Waals surface area contributed by atoms with E-state index < -0.39 is 0 Å². The molecule has 1 fully saturated rings. The lowest BCUT2D eigenvalue weighted by Crippen LogP contribution is -2.45. The van der Waals surface area contributed by atoms with Crippen molar-refractivity contribution in [1.29, 1.82) is 0 Å². The molecule has 3 nitrogen and oxygen atoms in total. The highest BCUT2D eigenvalue weighted by atomic mass is 79.9. The molecule has 1 aliphatic rings. The summed E-state index contributed by atoms with van der Waals surface area (Å²) in [5.41, 5.74) is 5.85. The monoisotopic (exact) mass is 324 g/mol. The maximum atomic E-state index is 12.0. The van der Waals surface area contributed by atoms with Crippen LogP contribution in [0.5, 0.6) is 0 Å². The van der Waals surface area contributed by atoms with Gasteiger partial charge < -0.3 is 10.6 Å². The van der Waals surface area contributed by atoms with Crippen LogP contribution in [-0.4, -0.2) is 29.9 Å². The van der Waals surface area contributed by atoms with Gasteiger partial charge in [-0.15, -0.1) is 23.7 Å². The number of nitrogens with zero attached hydrogens (tertiary/aromatic N) is 1. The van der Waals surface area contributed by atoms with Crippen LogP contribution < -0.4 is 5.73 Å². The Bertz CT molecular complexity index is 371. The van der Waals surface area contributed by atoms with Crippen molar-refractivity contribution in [2.45, 2.75) is 18.9 Å². The van der Waals surface area contributed by atoms with Crippen molar-refractivity contribution in [3.05, 3.63) is 20.8 Å². The van der Waals surface area contributed by atoms with E-state index in [4.69, 9.17) is 5.73 Å². The van der Waals surface area contributed by atoms with Crippen LogP contribution in [0.2, 0.25) is 0 Å². The lowest BCUT2D eigenvalue weighted by Gasteiger charge is -2.30. The first-order valence-electron chi connectivity index (χ1n) is 4.97. The van der Waals surface area contributed by atoms with Crippen molar-refractivity contribution < 1.29 is 4.79 Å². The second-order valence-corrected chi connectivity index (χ2v) is 6.22. The van der Waals surface area contributed by atoms with E-state index in [0.717, 1.165) is 28.0 Å². The highest BCUT2D eigenvalue weighted by molar-refractivity contribution is 9.11. The molecule has 90 valence electrons. The number of hydrogen-bond acceptors (Lipinski definition) is 3. The fourth-order valence-corrected chi connectivity index (χ4v) is 3.13. The Labute approximate surface area is 114 Å². The lowest BCUT2D eigenvalue weighted by atomic mass is 10.1. The molecular weight excluding hydrogens is 312 g/mol. The number of piperidine rings is 1. The average Bonchev–Trinajstić information content (AvgIpc) is 2.64. The highest BCUT2D eigenvalue weighted by Gasteiger charge is 2.23. The summed E-state index contributed by atoms with van der Waals surface area (Å²) >= 11 is 4.83. The quantitative estimate of drug-likeness (QED) is 0.862. The molecule has 0 spiro atoms. The Morgan fingerprint density at radius 1 is 1.56 bits per heavy atom. The summed E-state index contributed by atoms with van der Waals surface area (Å²) in [6.07, 6.45) is 2.04. The first-order chi connectivity index (χ1) is 7.16. The van der Waals surface area contributed by atoms with Gasteiger partial charge in [-0.25, -0.2) is 0 Å². The molecule has 0 saturated carbocycles. The number of amides is 1. The number of carbonyl (C=O) groups excluding carboxylic acids is 1. The predicted molar refractivity (Wildman–Crippen MR) is 72.4 cm³/mol. The number of halogens is 2. The summed E-state index contributed by atoms with van der Waals surface area (Å²) in [7, 11) is 0. The zero-order valence-electron chi connectivity index (χ0n) is 8.69. The van der Waals surface area contributed by atoms with Gasteiger partial charge in [-0.05, 0) is 40.9 Å². The fourth-order valence-electron chi connectivity index (χ4n) is 1.78. The second kappa shape index (κ2) is 6.00. The van der Waals surface area contributed by atoms with Gasteiger partial charge in [-0.3, -0.25) is 4.79 Å². The van der Waals surface area contributed by atoms with Gasteiger partial charge in [0, 0.05) is 19.1 Å². The van der Waals surface area contributed by atoms with E-state index in [0.29, 0.717) is 6.54 Å². The summed E-state index contributed by atoms with van der Waals surface area (Å²) in [6.45, 7) is 1.52. The molecule has 6 heteroatoms. The van der Waals surface area contributed by atoms with E-state index in [1.54, 1.807) is 0 Å². The molecule has 0 aliphatic carbocycles. The van der Waals surface area contributed by atoms with Gasteiger partial charge in [-0.2, -0.15) is 0 Å². The summed E-state index contributed by atoms with van der Waals surface area (Å²) < 4.78 is 0.993. The van der Waals surface area contributed by atoms with Gasteiger partial charge in [0.05, 0.1) is 8.66 Å². The van der Waals surface area contributed by atoms with Crippen molar-refractivity contribution in [3.63, 3.8) is 0 Å². The Hall–Kier alpha value is -0.100. The topological polar surface area (TPSA) is 46.3 Å². The molecule has 0 radical (unpaired) electrons. The molecule has 1 aromatic heterocycles. The molecule has 16 heavy (non-hydrogen) atoms. The zero-order valence-corrected chi connectivity index (χ0v) is 11.9. The van der Waals surface area contributed by atoms with E-state index in [-0.39, 0.29) is 24.4 Å². The smallest absolute Gasteiger partial charge is 0.264 e. The second-order valence-electron chi connectivity index (χ2n) is 3.76. The molecule has 1 atom stereocenters. The molecule has 1 amide bonds. The number of rotatable bonds is 1. The third kappa shape index (κ3) is 3.20. The number of hydrogen-bond donors (Lipinski definition) is 1. The molecule has 2 N–H and O–H groups in total. The van der Waals surface area contributed by atoms with Crippen molar-refractivity contribution in [2.75, 3.05) is 13.1 Å². The fraction of sp³-hybridized carbons (Fsp3) is 0.500. The Kier molecular flexibility index (Phi) is 5.24. The minimum Gasteiger partial charge on any atom is -0.336 e. The predicted octanol–water partition coefficient (Wildman–Crippen LogP) is 2.50. The first kappa shape index (κ1) is 14.0. The van der Waals surface area contributed by atoms with Crippen LogP contribution in [0.3, 0.4) is 0 Å². The van der Waals surface area contributed by atoms with E-state index in [9.17, 15) is 4.79 Å².